The van der Waals surface area contributed by atoms with Gasteiger partial charge in [0.05, 0.1) is 5.56 Å². The molecule has 2 rings (SSSR count). The van der Waals surface area contributed by atoms with Crippen LogP contribution in [0.2, 0.25) is 0 Å². The van der Waals surface area contributed by atoms with E-state index < -0.39 is 0 Å². The molecule has 2 N–H and O–H groups in total. The summed E-state index contributed by atoms with van der Waals surface area (Å²) in [5.41, 5.74) is 1.67. The fraction of sp³-hybridized carbons (Fsp3) is 0.167. The third-order valence-corrected chi connectivity index (χ3v) is 3.05. The summed E-state index contributed by atoms with van der Waals surface area (Å²) in [6.45, 7) is 0.542. The Kier molecular flexibility index (Phi) is 3.72. The van der Waals surface area contributed by atoms with Crippen molar-refractivity contribution in [2.75, 3.05) is 12.4 Å². The smallest absolute Gasteiger partial charge is 0.255 e. The van der Waals surface area contributed by atoms with Crippen LogP contribution in [0.1, 0.15) is 15.9 Å². The molecule has 4 nitrogen and oxygen atoms in total. The normalized spacial score (nSPS) is 9.94. The Morgan fingerprint density at radius 1 is 1.47 bits per heavy atom. The van der Waals surface area contributed by atoms with Gasteiger partial charge in [-0.2, -0.15) is 11.3 Å². The number of amides is 1. The molecule has 0 spiro atoms. The van der Waals surface area contributed by atoms with E-state index in [1.807, 2.05) is 16.8 Å². The number of carbonyl (C=O) groups excluding carboxylic acids is 1. The van der Waals surface area contributed by atoms with Gasteiger partial charge in [-0.15, -0.1) is 0 Å². The highest BCUT2D eigenvalue weighted by atomic mass is 32.1. The van der Waals surface area contributed by atoms with Crippen LogP contribution in [0.5, 0.6) is 0 Å². The Morgan fingerprint density at radius 3 is 3.06 bits per heavy atom. The number of aromatic nitrogens is 1. The number of thiophene rings is 1. The second-order valence-corrected chi connectivity index (χ2v) is 4.24. The molecule has 0 atom stereocenters. The van der Waals surface area contributed by atoms with Gasteiger partial charge in [-0.3, -0.25) is 4.79 Å². The maximum absolute atomic E-state index is 11.9. The Morgan fingerprint density at radius 2 is 2.35 bits per heavy atom. The molecule has 0 unspecified atom stereocenters. The topological polar surface area (TPSA) is 54.0 Å². The van der Waals surface area contributed by atoms with Gasteiger partial charge in [0.1, 0.15) is 5.82 Å². The number of anilines is 1. The van der Waals surface area contributed by atoms with E-state index in [1.165, 1.54) is 0 Å². The first kappa shape index (κ1) is 11.6. The quantitative estimate of drug-likeness (QED) is 0.870. The summed E-state index contributed by atoms with van der Waals surface area (Å²) in [4.78, 5) is 16.0. The van der Waals surface area contributed by atoms with Gasteiger partial charge in [-0.1, -0.05) is 0 Å². The lowest BCUT2D eigenvalue weighted by Crippen LogP contribution is -2.23. The molecule has 0 bridgehead atoms. The highest BCUT2D eigenvalue weighted by molar-refractivity contribution is 7.07. The fourth-order valence-corrected chi connectivity index (χ4v) is 2.13. The van der Waals surface area contributed by atoms with Crippen LogP contribution in [-0.4, -0.2) is 17.9 Å². The van der Waals surface area contributed by atoms with Crippen LogP contribution in [0, 0.1) is 0 Å². The third kappa shape index (κ3) is 2.82. The molecule has 88 valence electrons. The highest BCUT2D eigenvalue weighted by Crippen LogP contribution is 2.11. The summed E-state index contributed by atoms with van der Waals surface area (Å²) in [6, 6.07) is 5.50. The predicted molar refractivity (Wildman–Crippen MR) is 69.3 cm³/mol. The number of nitrogens with zero attached hydrogens (tertiary/aromatic N) is 1. The second kappa shape index (κ2) is 5.45. The number of carbonyl (C=O) groups is 1. The van der Waals surface area contributed by atoms with E-state index in [0.717, 1.165) is 5.56 Å². The van der Waals surface area contributed by atoms with Gasteiger partial charge in [-0.05, 0) is 34.5 Å². The number of hydrogen-bond donors (Lipinski definition) is 2. The summed E-state index contributed by atoms with van der Waals surface area (Å²) in [5, 5.41) is 9.77. The Hall–Kier alpha value is -1.88. The van der Waals surface area contributed by atoms with Crippen molar-refractivity contribution in [3.8, 4) is 0 Å². The van der Waals surface area contributed by atoms with E-state index in [0.29, 0.717) is 17.9 Å². The zero-order valence-electron chi connectivity index (χ0n) is 9.43. The molecule has 17 heavy (non-hydrogen) atoms. The minimum absolute atomic E-state index is 0.117. The van der Waals surface area contributed by atoms with Crippen molar-refractivity contribution in [2.45, 2.75) is 6.54 Å². The summed E-state index contributed by atoms with van der Waals surface area (Å²) in [6.07, 6.45) is 1.65. The van der Waals surface area contributed by atoms with E-state index in [2.05, 4.69) is 15.6 Å². The summed E-state index contributed by atoms with van der Waals surface area (Å²) < 4.78 is 0. The van der Waals surface area contributed by atoms with Crippen LogP contribution in [0.4, 0.5) is 5.82 Å². The monoisotopic (exact) mass is 247 g/mol. The zero-order valence-corrected chi connectivity index (χ0v) is 10.3. The SMILES string of the molecule is CNc1ncccc1C(=O)NCc1ccsc1. The minimum atomic E-state index is -0.117. The lowest BCUT2D eigenvalue weighted by molar-refractivity contribution is 0.0951. The van der Waals surface area contributed by atoms with Crippen LogP contribution >= 0.6 is 11.3 Å². The number of rotatable bonds is 4. The molecule has 0 radical (unpaired) electrons. The fourth-order valence-electron chi connectivity index (χ4n) is 1.46. The molecule has 5 heteroatoms. The van der Waals surface area contributed by atoms with Gasteiger partial charge < -0.3 is 10.6 Å². The first-order valence-corrected chi connectivity index (χ1v) is 6.17. The third-order valence-electron chi connectivity index (χ3n) is 2.32. The van der Waals surface area contributed by atoms with Gasteiger partial charge in [0, 0.05) is 19.8 Å². The standard InChI is InChI=1S/C12H13N3OS/c1-13-11-10(3-2-5-14-11)12(16)15-7-9-4-6-17-8-9/h2-6,8H,7H2,1H3,(H,13,14)(H,15,16). The van der Waals surface area contributed by atoms with Gasteiger partial charge in [0.25, 0.3) is 5.91 Å². The van der Waals surface area contributed by atoms with Crippen LogP contribution in [0.3, 0.4) is 0 Å². The van der Waals surface area contributed by atoms with Crippen LogP contribution in [0.15, 0.2) is 35.2 Å². The zero-order chi connectivity index (χ0) is 12.1. The van der Waals surface area contributed by atoms with E-state index in [-0.39, 0.29) is 5.91 Å². The molecular formula is C12H13N3OS. The van der Waals surface area contributed by atoms with Crippen molar-refractivity contribution < 1.29 is 4.79 Å². The molecule has 0 aliphatic rings. The van der Waals surface area contributed by atoms with Gasteiger partial charge in [0.2, 0.25) is 0 Å². The lowest BCUT2D eigenvalue weighted by Gasteiger charge is -2.07. The molecule has 0 aliphatic heterocycles. The van der Waals surface area contributed by atoms with Crippen LogP contribution in [0.25, 0.3) is 0 Å². The van der Waals surface area contributed by atoms with Crippen molar-refractivity contribution in [1.82, 2.24) is 10.3 Å². The Bertz CT molecular complexity index is 496. The molecule has 1 amide bonds. The van der Waals surface area contributed by atoms with Crippen LogP contribution < -0.4 is 10.6 Å². The first-order chi connectivity index (χ1) is 8.31. The van der Waals surface area contributed by atoms with Crippen molar-refractivity contribution >= 4 is 23.1 Å². The molecule has 2 aromatic heterocycles. The molecule has 2 heterocycles. The molecular weight excluding hydrogens is 234 g/mol. The lowest BCUT2D eigenvalue weighted by atomic mass is 10.2. The van der Waals surface area contributed by atoms with Crippen molar-refractivity contribution in [2.24, 2.45) is 0 Å². The van der Waals surface area contributed by atoms with Crippen LogP contribution in [-0.2, 0) is 6.54 Å². The molecule has 2 aromatic rings. The average Bonchev–Trinajstić information content (AvgIpc) is 2.89. The van der Waals surface area contributed by atoms with E-state index in [4.69, 9.17) is 0 Å². The maximum Gasteiger partial charge on any atom is 0.255 e. The van der Waals surface area contributed by atoms with E-state index in [9.17, 15) is 4.79 Å². The van der Waals surface area contributed by atoms with Gasteiger partial charge in [0.15, 0.2) is 0 Å². The Labute approximate surface area is 104 Å². The molecule has 0 saturated heterocycles. The number of pyridine rings is 1. The Balaban J connectivity index is 2.04. The number of nitrogens with one attached hydrogen (secondary N) is 2. The van der Waals surface area contributed by atoms with Crippen molar-refractivity contribution in [1.29, 1.82) is 0 Å². The van der Waals surface area contributed by atoms with Gasteiger partial charge in [-0.25, -0.2) is 4.98 Å². The summed E-state index contributed by atoms with van der Waals surface area (Å²) in [7, 11) is 1.75. The van der Waals surface area contributed by atoms with Crippen molar-refractivity contribution in [3.05, 3.63) is 46.3 Å². The summed E-state index contributed by atoms with van der Waals surface area (Å²) >= 11 is 1.62. The molecule has 0 aliphatic carbocycles. The molecule has 0 saturated carbocycles. The minimum Gasteiger partial charge on any atom is -0.372 e. The molecule has 0 aromatic carbocycles. The van der Waals surface area contributed by atoms with Crippen molar-refractivity contribution in [3.63, 3.8) is 0 Å². The van der Waals surface area contributed by atoms with Gasteiger partial charge >= 0.3 is 0 Å². The van der Waals surface area contributed by atoms with E-state index >= 15 is 0 Å². The van der Waals surface area contributed by atoms with E-state index in [1.54, 1.807) is 36.7 Å². The number of hydrogen-bond acceptors (Lipinski definition) is 4. The predicted octanol–water partition coefficient (Wildman–Crippen LogP) is 2.11. The largest absolute Gasteiger partial charge is 0.372 e. The first-order valence-electron chi connectivity index (χ1n) is 5.23. The maximum atomic E-state index is 11.9. The average molecular weight is 247 g/mol. The summed E-state index contributed by atoms with van der Waals surface area (Å²) in [5.74, 6) is 0.476. The second-order valence-electron chi connectivity index (χ2n) is 3.46. The highest BCUT2D eigenvalue weighted by Gasteiger charge is 2.10. The molecule has 0 fully saturated rings.